The number of hydrogen-bond donors (Lipinski definition) is 1. The minimum absolute atomic E-state index is 0.0238. The smallest absolute Gasteiger partial charge is 0.480 e. The summed E-state index contributed by atoms with van der Waals surface area (Å²) in [6.07, 6.45) is 6.47. The van der Waals surface area contributed by atoms with Gasteiger partial charge in [-0.25, -0.2) is 0 Å². The first-order chi connectivity index (χ1) is 10.2. The quantitative estimate of drug-likeness (QED) is 0.860. The minimum atomic E-state index is -0.924. The van der Waals surface area contributed by atoms with Gasteiger partial charge in [-0.05, 0) is 32.1 Å². The van der Waals surface area contributed by atoms with Gasteiger partial charge in [0, 0.05) is 24.5 Å². The van der Waals surface area contributed by atoms with Crippen LogP contribution in [-0.4, -0.2) is 40.2 Å². The van der Waals surface area contributed by atoms with E-state index in [0.717, 1.165) is 24.7 Å². The van der Waals surface area contributed by atoms with Gasteiger partial charge in [0.05, 0.1) is 5.60 Å². The highest BCUT2D eigenvalue weighted by atomic mass is 16.6. The Bertz CT molecular complexity index is 527. The Morgan fingerprint density at radius 3 is 2.82 bits per heavy atom. The van der Waals surface area contributed by atoms with E-state index < -0.39 is 13.1 Å². The Balaban J connectivity index is 2.20. The SMILES string of the molecule is CC1(C)CCCCOB(c2cnn(CC(=O)O)c2)OC1(C)C. The van der Waals surface area contributed by atoms with Crippen LogP contribution in [0.25, 0.3) is 0 Å². The number of aromatic nitrogens is 2. The Labute approximate surface area is 131 Å². The molecule has 1 N–H and O–H groups in total. The van der Waals surface area contributed by atoms with E-state index in [2.05, 4.69) is 32.8 Å². The molecule has 0 bridgehead atoms. The topological polar surface area (TPSA) is 73.6 Å². The van der Waals surface area contributed by atoms with Crippen LogP contribution in [-0.2, 0) is 20.6 Å². The lowest BCUT2D eigenvalue weighted by Crippen LogP contribution is -2.50. The summed E-state index contributed by atoms with van der Waals surface area (Å²) >= 11 is 0. The van der Waals surface area contributed by atoms with Gasteiger partial charge in [0.1, 0.15) is 6.54 Å². The molecule has 1 saturated heterocycles. The van der Waals surface area contributed by atoms with Crippen LogP contribution >= 0.6 is 0 Å². The summed E-state index contributed by atoms with van der Waals surface area (Å²) in [6, 6.07) is 0. The van der Waals surface area contributed by atoms with Gasteiger partial charge in [0.15, 0.2) is 0 Å². The largest absolute Gasteiger partial charge is 0.497 e. The molecule has 0 spiro atoms. The number of rotatable bonds is 3. The first-order valence-corrected chi connectivity index (χ1v) is 7.75. The van der Waals surface area contributed by atoms with Crippen molar-refractivity contribution in [1.82, 2.24) is 9.78 Å². The normalized spacial score (nSPS) is 21.7. The Morgan fingerprint density at radius 2 is 2.14 bits per heavy atom. The van der Waals surface area contributed by atoms with Crippen LogP contribution in [0.3, 0.4) is 0 Å². The predicted octanol–water partition coefficient (Wildman–Crippen LogP) is 1.68. The summed E-state index contributed by atoms with van der Waals surface area (Å²) in [7, 11) is -0.519. The second-order valence-electron chi connectivity index (χ2n) is 7.04. The molecule has 7 heteroatoms. The van der Waals surface area contributed by atoms with Gasteiger partial charge in [0.25, 0.3) is 0 Å². The van der Waals surface area contributed by atoms with Gasteiger partial charge in [-0.1, -0.05) is 20.3 Å². The highest BCUT2D eigenvalue weighted by Crippen LogP contribution is 2.39. The highest BCUT2D eigenvalue weighted by molar-refractivity contribution is 6.61. The molecular weight excluding hydrogens is 283 g/mol. The van der Waals surface area contributed by atoms with Crippen molar-refractivity contribution in [2.75, 3.05) is 6.61 Å². The van der Waals surface area contributed by atoms with E-state index in [1.807, 2.05) is 0 Å². The van der Waals surface area contributed by atoms with Gasteiger partial charge >= 0.3 is 13.1 Å². The Morgan fingerprint density at radius 1 is 1.41 bits per heavy atom. The van der Waals surface area contributed by atoms with Crippen molar-refractivity contribution in [3.63, 3.8) is 0 Å². The highest BCUT2D eigenvalue weighted by Gasteiger charge is 2.42. The molecule has 1 fully saturated rings. The Kier molecular flexibility index (Phi) is 4.97. The fourth-order valence-corrected chi connectivity index (χ4v) is 2.51. The second-order valence-corrected chi connectivity index (χ2v) is 7.04. The minimum Gasteiger partial charge on any atom is -0.480 e. The molecule has 2 heterocycles. The molecule has 0 saturated carbocycles. The molecule has 0 amide bonds. The fraction of sp³-hybridized carbons (Fsp3) is 0.733. The van der Waals surface area contributed by atoms with Crippen LogP contribution < -0.4 is 5.46 Å². The van der Waals surface area contributed by atoms with Crippen LogP contribution in [0.5, 0.6) is 0 Å². The summed E-state index contributed by atoms with van der Waals surface area (Å²) in [5.41, 5.74) is 0.416. The van der Waals surface area contributed by atoms with E-state index in [0.29, 0.717) is 6.61 Å². The van der Waals surface area contributed by atoms with Crippen molar-refractivity contribution < 1.29 is 19.2 Å². The van der Waals surface area contributed by atoms with Gasteiger partial charge in [-0.15, -0.1) is 0 Å². The first-order valence-electron chi connectivity index (χ1n) is 7.75. The van der Waals surface area contributed by atoms with Crippen LogP contribution in [0.15, 0.2) is 12.4 Å². The molecular formula is C15H25BN2O4. The maximum atomic E-state index is 10.8. The zero-order valence-electron chi connectivity index (χ0n) is 13.8. The molecule has 0 aliphatic carbocycles. The molecule has 6 nitrogen and oxygen atoms in total. The second kappa shape index (κ2) is 6.42. The lowest BCUT2D eigenvalue weighted by atomic mass is 9.71. The van der Waals surface area contributed by atoms with Crippen LogP contribution in [0.2, 0.25) is 0 Å². The summed E-state index contributed by atoms with van der Waals surface area (Å²) < 4.78 is 13.5. The third-order valence-corrected chi connectivity index (χ3v) is 4.72. The molecule has 1 aromatic rings. The predicted molar refractivity (Wildman–Crippen MR) is 84.0 cm³/mol. The van der Waals surface area contributed by atoms with E-state index in [1.165, 1.54) is 4.68 Å². The van der Waals surface area contributed by atoms with Gasteiger partial charge in [0.2, 0.25) is 0 Å². The van der Waals surface area contributed by atoms with Crippen molar-refractivity contribution in [2.45, 2.75) is 59.1 Å². The van der Waals surface area contributed by atoms with E-state index in [9.17, 15) is 4.79 Å². The number of aliphatic carboxylic acids is 1. The molecule has 22 heavy (non-hydrogen) atoms. The maximum absolute atomic E-state index is 10.8. The van der Waals surface area contributed by atoms with E-state index in [4.69, 9.17) is 14.4 Å². The van der Waals surface area contributed by atoms with Crippen LogP contribution in [0.4, 0.5) is 0 Å². The van der Waals surface area contributed by atoms with E-state index in [-0.39, 0.29) is 17.6 Å². The van der Waals surface area contributed by atoms with Crippen molar-refractivity contribution in [3.05, 3.63) is 12.4 Å². The molecule has 122 valence electrons. The summed E-state index contributed by atoms with van der Waals surface area (Å²) in [5.74, 6) is -0.924. The number of carbonyl (C=O) groups is 1. The van der Waals surface area contributed by atoms with E-state index >= 15 is 0 Å². The lowest BCUT2D eigenvalue weighted by molar-refractivity contribution is -0.137. The van der Waals surface area contributed by atoms with Crippen LogP contribution in [0, 0.1) is 5.41 Å². The van der Waals surface area contributed by atoms with Crippen LogP contribution in [0.1, 0.15) is 47.0 Å². The molecule has 0 radical (unpaired) electrons. The number of nitrogens with zero attached hydrogens (tertiary/aromatic N) is 2. The summed E-state index contributed by atoms with van der Waals surface area (Å²) in [4.78, 5) is 10.8. The molecule has 0 unspecified atom stereocenters. The van der Waals surface area contributed by atoms with Crippen molar-refractivity contribution in [2.24, 2.45) is 5.41 Å². The third kappa shape index (κ3) is 3.90. The fourth-order valence-electron chi connectivity index (χ4n) is 2.51. The zero-order chi connectivity index (χ0) is 16.4. The molecule has 2 rings (SSSR count). The van der Waals surface area contributed by atoms with Gasteiger partial charge < -0.3 is 14.4 Å². The third-order valence-electron chi connectivity index (χ3n) is 4.72. The summed E-state index contributed by atoms with van der Waals surface area (Å²) in [6.45, 7) is 9.04. The lowest BCUT2D eigenvalue weighted by Gasteiger charge is -2.42. The molecule has 0 aromatic carbocycles. The standard InChI is InChI=1S/C15H25BN2O4/c1-14(2)7-5-6-8-21-16(22-15(14,3)4)12-9-17-18(10-12)11-13(19)20/h9-10H,5-8,11H2,1-4H3,(H,19,20). The monoisotopic (exact) mass is 308 g/mol. The van der Waals surface area contributed by atoms with Crippen molar-refractivity contribution in [1.29, 1.82) is 0 Å². The number of carboxylic acid groups (broad SMARTS) is 1. The van der Waals surface area contributed by atoms with Gasteiger partial charge in [-0.2, -0.15) is 5.10 Å². The molecule has 1 aliphatic heterocycles. The number of hydrogen-bond acceptors (Lipinski definition) is 4. The maximum Gasteiger partial charge on any atom is 0.497 e. The molecule has 0 atom stereocenters. The first kappa shape index (κ1) is 17.0. The molecule has 1 aliphatic rings. The van der Waals surface area contributed by atoms with Crippen molar-refractivity contribution in [3.8, 4) is 0 Å². The zero-order valence-corrected chi connectivity index (χ0v) is 13.8. The van der Waals surface area contributed by atoms with Crippen molar-refractivity contribution >= 4 is 18.6 Å². The van der Waals surface area contributed by atoms with Gasteiger partial charge in [-0.3, -0.25) is 9.48 Å². The average molecular weight is 308 g/mol. The number of carboxylic acids is 1. The Hall–Kier alpha value is -1.34. The molecule has 1 aromatic heterocycles. The average Bonchev–Trinajstić information content (AvgIpc) is 2.84. The van der Waals surface area contributed by atoms with E-state index in [1.54, 1.807) is 12.4 Å². The summed E-state index contributed by atoms with van der Waals surface area (Å²) in [5, 5.41) is 12.9.